The molecule has 0 aliphatic carbocycles. The van der Waals surface area contributed by atoms with Crippen molar-refractivity contribution in [1.82, 2.24) is 0 Å². The van der Waals surface area contributed by atoms with Crippen molar-refractivity contribution in [2.45, 2.75) is 11.3 Å². The highest BCUT2D eigenvalue weighted by Gasteiger charge is 2.27. The number of benzene rings is 2. The van der Waals surface area contributed by atoms with Gasteiger partial charge in [0.1, 0.15) is 0 Å². The maximum Gasteiger partial charge on any atom is 0.226 e. The highest BCUT2D eigenvalue weighted by Crippen LogP contribution is 2.35. The zero-order valence-electron chi connectivity index (χ0n) is 9.79. The summed E-state index contributed by atoms with van der Waals surface area (Å²) in [5.74, 6) is -0.930. The minimum absolute atomic E-state index is 0.412. The molecular weight excluding hydrogens is 246 g/mol. The van der Waals surface area contributed by atoms with E-state index in [9.17, 15) is 4.79 Å². The third-order valence-corrected chi connectivity index (χ3v) is 3.38. The van der Waals surface area contributed by atoms with Gasteiger partial charge in [-0.1, -0.05) is 60.7 Å². The Morgan fingerprint density at radius 2 is 1.33 bits per heavy atom. The second-order valence-electron chi connectivity index (χ2n) is 4.10. The molecule has 92 valence electrons. The first-order chi connectivity index (χ1) is 8.70. The molecule has 0 unspecified atom stereocenters. The Morgan fingerprint density at radius 3 is 1.78 bits per heavy atom. The number of amides is 1. The normalized spacial score (nSPS) is 13.8. The van der Waals surface area contributed by atoms with Crippen LogP contribution < -0.4 is 5.73 Å². The molecule has 3 heteroatoms. The maximum atomic E-state index is 11.7. The number of hydrogen-bond donors (Lipinski definition) is 1. The summed E-state index contributed by atoms with van der Waals surface area (Å²) in [4.78, 5) is 11.7. The lowest BCUT2D eigenvalue weighted by Gasteiger charge is -2.20. The summed E-state index contributed by atoms with van der Waals surface area (Å²) in [5.41, 5.74) is 7.22. The van der Waals surface area contributed by atoms with Crippen LogP contribution in [0.25, 0.3) is 0 Å². The molecule has 2 nitrogen and oxygen atoms in total. The molecule has 0 heterocycles. The lowest BCUT2D eigenvalue weighted by molar-refractivity contribution is -0.119. The van der Waals surface area contributed by atoms with Gasteiger partial charge >= 0.3 is 0 Å². The molecular formula is C15H14ClNO. The van der Waals surface area contributed by atoms with Crippen molar-refractivity contribution in [2.24, 2.45) is 5.73 Å². The van der Waals surface area contributed by atoms with E-state index >= 15 is 0 Å². The summed E-state index contributed by atoms with van der Waals surface area (Å²) < 4.78 is 0. The molecule has 2 N–H and O–H groups in total. The van der Waals surface area contributed by atoms with Gasteiger partial charge in [-0.3, -0.25) is 4.79 Å². The number of carbonyl (C=O) groups excluding carboxylic acids is 1. The third kappa shape index (κ3) is 2.71. The Labute approximate surface area is 111 Å². The van der Waals surface area contributed by atoms with E-state index in [1.807, 2.05) is 60.7 Å². The van der Waals surface area contributed by atoms with Crippen molar-refractivity contribution in [3.8, 4) is 0 Å². The smallest absolute Gasteiger partial charge is 0.226 e. The maximum absolute atomic E-state index is 11.7. The van der Waals surface area contributed by atoms with Crippen LogP contribution in [-0.4, -0.2) is 5.91 Å². The predicted molar refractivity (Wildman–Crippen MR) is 73.4 cm³/mol. The Bertz CT molecular complexity index is 513. The van der Waals surface area contributed by atoms with Crippen LogP contribution in [0, 0.1) is 0 Å². The second kappa shape index (κ2) is 5.69. The van der Waals surface area contributed by atoms with Gasteiger partial charge in [-0.2, -0.15) is 0 Å². The standard InChI is InChI=1S/C15H14ClNO/c16-14(12-9-5-2-6-10-12)13(15(17)18)11-7-3-1-4-8-11/h1-10,13-14H,(H2,17,18)/t13-,14-/m1/s1. The van der Waals surface area contributed by atoms with Crippen LogP contribution in [0.2, 0.25) is 0 Å². The molecule has 2 aromatic rings. The Balaban J connectivity index is 2.35. The number of rotatable bonds is 4. The van der Waals surface area contributed by atoms with Crippen LogP contribution in [0.3, 0.4) is 0 Å². The Morgan fingerprint density at radius 1 is 0.889 bits per heavy atom. The zero-order chi connectivity index (χ0) is 13.0. The number of alkyl halides is 1. The van der Waals surface area contributed by atoms with Gasteiger partial charge in [0.25, 0.3) is 0 Å². The van der Waals surface area contributed by atoms with E-state index in [1.165, 1.54) is 0 Å². The van der Waals surface area contributed by atoms with Gasteiger partial charge in [0.2, 0.25) is 5.91 Å². The number of hydrogen-bond acceptors (Lipinski definition) is 1. The molecule has 1 amide bonds. The van der Waals surface area contributed by atoms with E-state index < -0.39 is 17.2 Å². The van der Waals surface area contributed by atoms with Gasteiger partial charge in [0.15, 0.2) is 0 Å². The molecule has 0 radical (unpaired) electrons. The highest BCUT2D eigenvalue weighted by atomic mass is 35.5. The molecule has 0 spiro atoms. The number of nitrogens with two attached hydrogens (primary N) is 1. The van der Waals surface area contributed by atoms with Gasteiger partial charge in [0.05, 0.1) is 11.3 Å². The van der Waals surface area contributed by atoms with E-state index in [1.54, 1.807) is 0 Å². The summed E-state index contributed by atoms with van der Waals surface area (Å²) >= 11 is 6.40. The molecule has 0 aliphatic heterocycles. The van der Waals surface area contributed by atoms with Crippen LogP contribution >= 0.6 is 11.6 Å². The van der Waals surface area contributed by atoms with Crippen LogP contribution in [-0.2, 0) is 4.79 Å². The molecule has 0 saturated heterocycles. The topological polar surface area (TPSA) is 43.1 Å². The molecule has 0 aliphatic rings. The molecule has 0 saturated carbocycles. The van der Waals surface area contributed by atoms with E-state index in [4.69, 9.17) is 17.3 Å². The van der Waals surface area contributed by atoms with Gasteiger partial charge in [-0.15, -0.1) is 11.6 Å². The predicted octanol–water partition coefficient (Wildman–Crippen LogP) is 3.24. The van der Waals surface area contributed by atoms with Crippen molar-refractivity contribution in [2.75, 3.05) is 0 Å². The molecule has 2 aromatic carbocycles. The Hall–Kier alpha value is -1.80. The lowest BCUT2D eigenvalue weighted by atomic mass is 9.91. The summed E-state index contributed by atoms with van der Waals surface area (Å²) in [7, 11) is 0. The highest BCUT2D eigenvalue weighted by molar-refractivity contribution is 6.23. The van der Waals surface area contributed by atoms with E-state index in [-0.39, 0.29) is 0 Å². The fourth-order valence-electron chi connectivity index (χ4n) is 1.97. The molecule has 0 bridgehead atoms. The zero-order valence-corrected chi connectivity index (χ0v) is 10.5. The Kier molecular flexibility index (Phi) is 4.00. The minimum Gasteiger partial charge on any atom is -0.369 e. The SMILES string of the molecule is NC(=O)[C@H](c1ccccc1)[C@H](Cl)c1ccccc1. The average Bonchev–Trinajstić information content (AvgIpc) is 2.40. The van der Waals surface area contributed by atoms with Crippen LogP contribution in [0.5, 0.6) is 0 Å². The van der Waals surface area contributed by atoms with Gasteiger partial charge in [-0.25, -0.2) is 0 Å². The first-order valence-electron chi connectivity index (χ1n) is 5.73. The largest absolute Gasteiger partial charge is 0.369 e. The summed E-state index contributed by atoms with van der Waals surface area (Å²) in [6.07, 6.45) is 0. The summed E-state index contributed by atoms with van der Waals surface area (Å²) in [6.45, 7) is 0. The quantitative estimate of drug-likeness (QED) is 0.842. The fourth-order valence-corrected chi connectivity index (χ4v) is 2.38. The molecule has 0 fully saturated rings. The van der Waals surface area contributed by atoms with Crippen LogP contribution in [0.15, 0.2) is 60.7 Å². The average molecular weight is 260 g/mol. The van der Waals surface area contributed by atoms with Gasteiger partial charge in [0, 0.05) is 0 Å². The van der Waals surface area contributed by atoms with Crippen LogP contribution in [0.1, 0.15) is 22.4 Å². The minimum atomic E-state index is -0.518. The molecule has 2 atom stereocenters. The van der Waals surface area contributed by atoms with Crippen molar-refractivity contribution in [1.29, 1.82) is 0 Å². The fraction of sp³-hybridized carbons (Fsp3) is 0.133. The third-order valence-electron chi connectivity index (χ3n) is 2.88. The van der Waals surface area contributed by atoms with E-state index in [0.717, 1.165) is 11.1 Å². The van der Waals surface area contributed by atoms with Crippen molar-refractivity contribution >= 4 is 17.5 Å². The summed E-state index contributed by atoms with van der Waals surface area (Å²) in [5, 5.41) is -0.453. The molecule has 0 aromatic heterocycles. The van der Waals surface area contributed by atoms with Crippen molar-refractivity contribution in [3.63, 3.8) is 0 Å². The molecule has 2 rings (SSSR count). The van der Waals surface area contributed by atoms with Gasteiger partial charge in [-0.05, 0) is 11.1 Å². The molecule has 18 heavy (non-hydrogen) atoms. The number of halogens is 1. The lowest BCUT2D eigenvalue weighted by Crippen LogP contribution is -2.24. The van der Waals surface area contributed by atoms with E-state index in [0.29, 0.717) is 0 Å². The van der Waals surface area contributed by atoms with Gasteiger partial charge < -0.3 is 5.73 Å². The van der Waals surface area contributed by atoms with Crippen molar-refractivity contribution in [3.05, 3.63) is 71.8 Å². The summed E-state index contributed by atoms with van der Waals surface area (Å²) in [6, 6.07) is 18.9. The first-order valence-corrected chi connectivity index (χ1v) is 6.17. The monoisotopic (exact) mass is 259 g/mol. The van der Waals surface area contributed by atoms with E-state index in [2.05, 4.69) is 0 Å². The number of carbonyl (C=O) groups is 1. The van der Waals surface area contributed by atoms with Crippen molar-refractivity contribution < 1.29 is 4.79 Å². The second-order valence-corrected chi connectivity index (χ2v) is 4.57. The van der Waals surface area contributed by atoms with Crippen LogP contribution in [0.4, 0.5) is 0 Å². The number of primary amides is 1. The first kappa shape index (κ1) is 12.7.